The maximum absolute atomic E-state index is 12.6. The van der Waals surface area contributed by atoms with Gasteiger partial charge in [-0.25, -0.2) is 0 Å². The minimum Gasteiger partial charge on any atom is -0.391 e. The van der Waals surface area contributed by atoms with Crippen molar-refractivity contribution in [3.8, 4) is 0 Å². The van der Waals surface area contributed by atoms with Gasteiger partial charge in [-0.2, -0.15) is 5.10 Å². The number of nitrogens with one attached hydrogen (secondary N) is 2. The number of carbonyl (C=O) groups is 2. The summed E-state index contributed by atoms with van der Waals surface area (Å²) in [5.41, 5.74) is 2.47. The smallest absolute Gasteiger partial charge is 0.251 e. The first-order valence-electron chi connectivity index (χ1n) is 8.73. The van der Waals surface area contributed by atoms with Crippen LogP contribution in [0.1, 0.15) is 47.8 Å². The van der Waals surface area contributed by atoms with Crippen molar-refractivity contribution in [2.45, 2.75) is 50.8 Å². The van der Waals surface area contributed by atoms with Crippen molar-refractivity contribution < 1.29 is 14.7 Å². The number of hydrogen-bond donors (Lipinski definition) is 3. The molecule has 136 valence electrons. The summed E-state index contributed by atoms with van der Waals surface area (Å²) < 4.78 is 1.71. The lowest BCUT2D eigenvalue weighted by molar-refractivity contribution is -0.119. The molecule has 0 unspecified atom stereocenters. The minimum atomic E-state index is -0.592. The van der Waals surface area contributed by atoms with Crippen LogP contribution in [0.3, 0.4) is 0 Å². The van der Waals surface area contributed by atoms with Gasteiger partial charge in [0, 0.05) is 17.4 Å². The van der Waals surface area contributed by atoms with Crippen LogP contribution in [0, 0.1) is 6.92 Å². The molecular formula is C19H22N4O3. The molecule has 0 bridgehead atoms. The number of amides is 2. The lowest BCUT2D eigenvalue weighted by Gasteiger charge is -2.41. The fraction of sp³-hybridized carbons (Fsp3) is 0.421. The Kier molecular flexibility index (Phi) is 3.66. The van der Waals surface area contributed by atoms with Crippen molar-refractivity contribution in [3.63, 3.8) is 0 Å². The molecule has 0 spiro atoms. The van der Waals surface area contributed by atoms with Gasteiger partial charge in [-0.15, -0.1) is 0 Å². The zero-order chi connectivity index (χ0) is 18.6. The number of hydrogen-bond acceptors (Lipinski definition) is 4. The van der Waals surface area contributed by atoms with Crippen LogP contribution >= 0.6 is 0 Å². The first-order valence-corrected chi connectivity index (χ1v) is 8.73. The van der Waals surface area contributed by atoms with Crippen LogP contribution in [0.25, 0.3) is 0 Å². The van der Waals surface area contributed by atoms with E-state index in [0.717, 1.165) is 11.1 Å². The van der Waals surface area contributed by atoms with Gasteiger partial charge in [-0.3, -0.25) is 14.3 Å². The lowest BCUT2D eigenvalue weighted by Crippen LogP contribution is -2.56. The van der Waals surface area contributed by atoms with E-state index < -0.39 is 11.5 Å². The maximum atomic E-state index is 12.6. The van der Waals surface area contributed by atoms with Crippen LogP contribution in [0.15, 0.2) is 30.6 Å². The summed E-state index contributed by atoms with van der Waals surface area (Å²) in [5, 5.41) is 20.1. The topological polar surface area (TPSA) is 96.2 Å². The summed E-state index contributed by atoms with van der Waals surface area (Å²) in [6, 6.07) is 4.82. The summed E-state index contributed by atoms with van der Waals surface area (Å²) in [5.74, 6) is -0.293. The van der Waals surface area contributed by atoms with Gasteiger partial charge in [0.1, 0.15) is 0 Å². The minimum absolute atomic E-state index is 0.0683. The van der Waals surface area contributed by atoms with Gasteiger partial charge in [0.05, 0.1) is 29.8 Å². The summed E-state index contributed by atoms with van der Waals surface area (Å²) in [6.45, 7) is 5.66. The third-order valence-electron chi connectivity index (χ3n) is 5.43. The highest BCUT2D eigenvalue weighted by Crippen LogP contribution is 2.38. The summed E-state index contributed by atoms with van der Waals surface area (Å²) in [6.07, 6.45) is 3.55. The molecule has 1 aromatic carbocycles. The zero-order valence-corrected chi connectivity index (χ0v) is 15.0. The molecule has 1 saturated carbocycles. The van der Waals surface area contributed by atoms with Crippen molar-refractivity contribution in [3.05, 3.63) is 47.3 Å². The van der Waals surface area contributed by atoms with Crippen LogP contribution in [-0.4, -0.2) is 38.8 Å². The van der Waals surface area contributed by atoms with Crippen LogP contribution in [0.2, 0.25) is 0 Å². The van der Waals surface area contributed by atoms with Crippen molar-refractivity contribution >= 4 is 17.5 Å². The van der Waals surface area contributed by atoms with E-state index in [1.807, 2.05) is 33.0 Å². The van der Waals surface area contributed by atoms with E-state index in [1.165, 1.54) is 0 Å². The molecular weight excluding hydrogens is 332 g/mol. The number of benzene rings is 1. The van der Waals surface area contributed by atoms with Gasteiger partial charge >= 0.3 is 0 Å². The van der Waals surface area contributed by atoms with Gasteiger partial charge in [-0.1, -0.05) is 6.07 Å². The standard InChI is InChI=1S/C19H22N4O3/c1-10-8-20-23(9-10)16-14(7-15(16)24)21-17(25)11-4-5-12-13(6-11)22-18(26)19(12,2)3/h4-6,8-9,14-16,24H,7H2,1-3H3,(H,21,25)(H,22,26)/t14-,15+,16+/m0/s1. The molecule has 7 nitrogen and oxygen atoms in total. The number of aliphatic hydroxyl groups is 1. The van der Waals surface area contributed by atoms with Crippen LogP contribution in [-0.2, 0) is 10.2 Å². The number of carbonyl (C=O) groups excluding carboxylic acids is 2. The highest BCUT2D eigenvalue weighted by Gasteiger charge is 2.43. The Labute approximate surface area is 151 Å². The third-order valence-corrected chi connectivity index (χ3v) is 5.43. The maximum Gasteiger partial charge on any atom is 0.251 e. The second-order valence-corrected chi connectivity index (χ2v) is 7.71. The fourth-order valence-electron chi connectivity index (χ4n) is 3.70. The number of aromatic nitrogens is 2. The highest BCUT2D eigenvalue weighted by atomic mass is 16.3. The second-order valence-electron chi connectivity index (χ2n) is 7.71. The van der Waals surface area contributed by atoms with Gasteiger partial charge in [0.2, 0.25) is 5.91 Å². The monoisotopic (exact) mass is 354 g/mol. The highest BCUT2D eigenvalue weighted by molar-refractivity contribution is 6.07. The first-order chi connectivity index (χ1) is 12.3. The third kappa shape index (κ3) is 2.50. The summed E-state index contributed by atoms with van der Waals surface area (Å²) >= 11 is 0. The predicted octanol–water partition coefficient (Wildman–Crippen LogP) is 1.53. The molecule has 2 amide bonds. The molecule has 4 rings (SSSR count). The molecule has 2 aliphatic rings. The largest absolute Gasteiger partial charge is 0.391 e. The van der Waals surface area contributed by atoms with E-state index >= 15 is 0 Å². The molecule has 7 heteroatoms. The number of rotatable bonds is 3. The van der Waals surface area contributed by atoms with E-state index in [4.69, 9.17) is 0 Å². The predicted molar refractivity (Wildman–Crippen MR) is 96.0 cm³/mol. The molecule has 1 aromatic heterocycles. The molecule has 0 saturated heterocycles. The molecule has 3 N–H and O–H groups in total. The summed E-state index contributed by atoms with van der Waals surface area (Å²) in [4.78, 5) is 24.7. The van der Waals surface area contributed by atoms with Gasteiger partial charge in [0.15, 0.2) is 0 Å². The van der Waals surface area contributed by atoms with Crippen LogP contribution in [0.5, 0.6) is 0 Å². The molecule has 2 aromatic rings. The lowest BCUT2D eigenvalue weighted by atomic mass is 9.82. The van der Waals surface area contributed by atoms with Crippen LogP contribution in [0.4, 0.5) is 5.69 Å². The van der Waals surface area contributed by atoms with E-state index in [-0.39, 0.29) is 23.9 Å². The number of aliphatic hydroxyl groups excluding tert-OH is 1. The first kappa shape index (κ1) is 16.8. The average molecular weight is 354 g/mol. The molecule has 1 fully saturated rings. The number of aryl methyl sites for hydroxylation is 1. The van der Waals surface area contributed by atoms with Crippen LogP contribution < -0.4 is 10.6 Å². The van der Waals surface area contributed by atoms with Crippen molar-refractivity contribution in [2.75, 3.05) is 5.32 Å². The SMILES string of the molecule is Cc1cnn([C@H]2[C@H](O)C[C@@H]2NC(=O)c2ccc3c(c2)NC(=O)C3(C)C)c1. The Bertz CT molecular complexity index is 902. The Hall–Kier alpha value is -2.67. The Morgan fingerprint density at radius 3 is 2.85 bits per heavy atom. The fourth-order valence-corrected chi connectivity index (χ4v) is 3.70. The van der Waals surface area contributed by atoms with E-state index in [1.54, 1.807) is 23.0 Å². The van der Waals surface area contributed by atoms with Crippen molar-refractivity contribution in [2.24, 2.45) is 0 Å². The van der Waals surface area contributed by atoms with Crippen molar-refractivity contribution in [1.82, 2.24) is 15.1 Å². The van der Waals surface area contributed by atoms with E-state index in [2.05, 4.69) is 15.7 Å². The molecule has 3 atom stereocenters. The molecule has 1 aliphatic carbocycles. The Balaban J connectivity index is 1.51. The number of fused-ring (bicyclic) bond motifs is 1. The second kappa shape index (κ2) is 5.67. The molecule has 2 heterocycles. The normalized spacial score (nSPS) is 26.0. The van der Waals surface area contributed by atoms with E-state index in [9.17, 15) is 14.7 Å². The Morgan fingerprint density at radius 1 is 1.42 bits per heavy atom. The number of anilines is 1. The molecule has 1 aliphatic heterocycles. The molecule has 26 heavy (non-hydrogen) atoms. The van der Waals surface area contributed by atoms with Crippen molar-refractivity contribution in [1.29, 1.82) is 0 Å². The van der Waals surface area contributed by atoms with Gasteiger partial charge in [-0.05, 0) is 50.5 Å². The summed E-state index contributed by atoms with van der Waals surface area (Å²) in [7, 11) is 0. The van der Waals surface area contributed by atoms with Gasteiger partial charge < -0.3 is 15.7 Å². The quantitative estimate of drug-likeness (QED) is 0.779. The van der Waals surface area contributed by atoms with E-state index in [0.29, 0.717) is 17.7 Å². The number of nitrogens with zero attached hydrogens (tertiary/aromatic N) is 2. The zero-order valence-electron chi connectivity index (χ0n) is 15.0. The average Bonchev–Trinajstić information content (AvgIpc) is 3.07. The van der Waals surface area contributed by atoms with Gasteiger partial charge in [0.25, 0.3) is 5.91 Å². The molecule has 0 radical (unpaired) electrons. The Morgan fingerprint density at radius 2 is 2.19 bits per heavy atom.